The van der Waals surface area contributed by atoms with Gasteiger partial charge in [0.1, 0.15) is 11.6 Å². The predicted molar refractivity (Wildman–Crippen MR) is 142 cm³/mol. The molecule has 12 heteroatoms. The van der Waals surface area contributed by atoms with Crippen molar-refractivity contribution in [1.29, 1.82) is 0 Å². The van der Waals surface area contributed by atoms with Gasteiger partial charge in [-0.25, -0.2) is 9.97 Å². The average molecular weight is 576 g/mol. The molecule has 1 aliphatic rings. The van der Waals surface area contributed by atoms with Crippen LogP contribution in [-0.4, -0.2) is 44.7 Å². The largest absolute Gasteiger partial charge is 0.418 e. The molecule has 41 heavy (non-hydrogen) atoms. The van der Waals surface area contributed by atoms with E-state index in [0.29, 0.717) is 40.7 Å². The fourth-order valence-electron chi connectivity index (χ4n) is 5.05. The van der Waals surface area contributed by atoms with Crippen molar-refractivity contribution >= 4 is 22.4 Å². The molecule has 2 aromatic heterocycles. The number of benzene rings is 2. The number of nitrogens with one attached hydrogen (secondary N) is 1. The van der Waals surface area contributed by atoms with Gasteiger partial charge in [0.15, 0.2) is 0 Å². The molecule has 1 fully saturated rings. The van der Waals surface area contributed by atoms with Crippen molar-refractivity contribution in [1.82, 2.24) is 19.9 Å². The summed E-state index contributed by atoms with van der Waals surface area (Å²) in [6.07, 6.45) is -5.22. The van der Waals surface area contributed by atoms with E-state index in [0.717, 1.165) is 50.6 Å². The standard InChI is InChI=1S/C29H27F6N5O/c30-28(31,32)20-4-6-21(7-5-20)37-27-22-8-3-19(26-23(29(33,34)35)2-1-12-36-26)16-24(22)38-25(39-27)17-40-13-9-18(10-14-40)11-15-41/h1-8,12,16,18,41H,9-11,13-15,17H2,(H,37,38,39). The second-order valence-electron chi connectivity index (χ2n) is 10.0. The van der Waals surface area contributed by atoms with E-state index in [1.165, 1.54) is 36.5 Å². The van der Waals surface area contributed by atoms with E-state index in [-0.39, 0.29) is 17.9 Å². The number of alkyl halides is 6. The number of likely N-dealkylation sites (tertiary alicyclic amines) is 1. The monoisotopic (exact) mass is 575 g/mol. The number of nitrogens with zero attached hydrogens (tertiary/aromatic N) is 4. The summed E-state index contributed by atoms with van der Waals surface area (Å²) < 4.78 is 80.2. The van der Waals surface area contributed by atoms with E-state index >= 15 is 0 Å². The maximum atomic E-state index is 13.7. The number of aliphatic hydroxyl groups excluding tert-OH is 1. The molecule has 0 aliphatic carbocycles. The summed E-state index contributed by atoms with van der Waals surface area (Å²) >= 11 is 0. The molecular weight excluding hydrogens is 548 g/mol. The Bertz CT molecular complexity index is 1500. The van der Waals surface area contributed by atoms with Crippen LogP contribution < -0.4 is 5.32 Å². The highest BCUT2D eigenvalue weighted by Crippen LogP contribution is 2.37. The first kappa shape index (κ1) is 28.7. The van der Waals surface area contributed by atoms with Crippen molar-refractivity contribution in [3.05, 3.63) is 77.7 Å². The summed E-state index contributed by atoms with van der Waals surface area (Å²) in [7, 11) is 0. The van der Waals surface area contributed by atoms with Gasteiger partial charge in [-0.1, -0.05) is 6.07 Å². The van der Waals surface area contributed by atoms with Gasteiger partial charge in [-0.15, -0.1) is 0 Å². The molecule has 0 atom stereocenters. The van der Waals surface area contributed by atoms with Crippen LogP contribution in [0.15, 0.2) is 60.8 Å². The number of rotatable bonds is 7. The Morgan fingerprint density at radius 2 is 1.63 bits per heavy atom. The maximum absolute atomic E-state index is 13.7. The third-order valence-corrected chi connectivity index (χ3v) is 7.21. The third-order valence-electron chi connectivity index (χ3n) is 7.21. The van der Waals surface area contributed by atoms with Crippen LogP contribution in [0.25, 0.3) is 22.2 Å². The van der Waals surface area contributed by atoms with Gasteiger partial charge in [0, 0.05) is 29.4 Å². The Morgan fingerprint density at radius 1 is 0.902 bits per heavy atom. The molecule has 6 nitrogen and oxygen atoms in total. The van der Waals surface area contributed by atoms with Crippen LogP contribution in [0.3, 0.4) is 0 Å². The smallest absolute Gasteiger partial charge is 0.396 e. The van der Waals surface area contributed by atoms with E-state index in [4.69, 9.17) is 0 Å². The van der Waals surface area contributed by atoms with E-state index in [1.807, 2.05) is 0 Å². The van der Waals surface area contributed by atoms with Crippen molar-refractivity contribution < 1.29 is 31.4 Å². The van der Waals surface area contributed by atoms with Crippen molar-refractivity contribution in [2.45, 2.75) is 38.2 Å². The predicted octanol–water partition coefficient (Wildman–Crippen LogP) is 7.07. The Kier molecular flexibility index (Phi) is 8.14. The zero-order valence-corrected chi connectivity index (χ0v) is 21.8. The summed E-state index contributed by atoms with van der Waals surface area (Å²) in [6, 6.07) is 11.3. The Labute approximate surface area is 232 Å². The SMILES string of the molecule is OCCC1CCN(Cc2nc(Nc3ccc(C(F)(F)F)cc3)c3ccc(-c4ncccc4C(F)(F)F)cc3n2)CC1. The van der Waals surface area contributed by atoms with Crippen LogP contribution in [0, 0.1) is 5.92 Å². The number of aromatic nitrogens is 3. The zero-order valence-electron chi connectivity index (χ0n) is 21.8. The van der Waals surface area contributed by atoms with E-state index in [1.54, 1.807) is 6.07 Å². The minimum absolute atomic E-state index is 0.145. The molecule has 1 saturated heterocycles. The normalized spacial score (nSPS) is 15.4. The molecule has 0 unspecified atom stereocenters. The quantitative estimate of drug-likeness (QED) is 0.230. The molecule has 0 radical (unpaired) electrons. The summed E-state index contributed by atoms with van der Waals surface area (Å²) in [5.74, 6) is 1.18. The van der Waals surface area contributed by atoms with Gasteiger partial charge in [-0.05, 0) is 86.8 Å². The number of anilines is 2. The number of fused-ring (bicyclic) bond motifs is 1. The first-order valence-electron chi connectivity index (χ1n) is 13.1. The van der Waals surface area contributed by atoms with Crippen LogP contribution >= 0.6 is 0 Å². The van der Waals surface area contributed by atoms with Crippen LogP contribution in [0.4, 0.5) is 37.8 Å². The Hall–Kier alpha value is -3.77. The van der Waals surface area contributed by atoms with Gasteiger partial charge in [0.25, 0.3) is 0 Å². The van der Waals surface area contributed by atoms with Crippen molar-refractivity contribution in [2.75, 3.05) is 25.0 Å². The first-order chi connectivity index (χ1) is 19.5. The lowest BCUT2D eigenvalue weighted by Gasteiger charge is -2.31. The lowest BCUT2D eigenvalue weighted by atomic mass is 9.94. The van der Waals surface area contributed by atoms with Gasteiger partial charge < -0.3 is 10.4 Å². The minimum Gasteiger partial charge on any atom is -0.396 e. The molecule has 3 heterocycles. The van der Waals surface area contributed by atoms with E-state index < -0.39 is 23.5 Å². The molecule has 0 spiro atoms. The zero-order chi connectivity index (χ0) is 29.2. The maximum Gasteiger partial charge on any atom is 0.418 e. The summed E-state index contributed by atoms with van der Waals surface area (Å²) in [4.78, 5) is 15.5. The topological polar surface area (TPSA) is 74.2 Å². The molecule has 0 saturated carbocycles. The molecule has 2 N–H and O–H groups in total. The molecule has 2 aromatic carbocycles. The fraction of sp³-hybridized carbons (Fsp3) is 0.345. The van der Waals surface area contributed by atoms with Crippen LogP contribution in [0.1, 0.15) is 36.2 Å². The van der Waals surface area contributed by atoms with Crippen LogP contribution in [0.2, 0.25) is 0 Å². The number of piperidine rings is 1. The number of hydrogen-bond acceptors (Lipinski definition) is 6. The molecule has 1 aliphatic heterocycles. The number of pyridine rings is 1. The molecule has 5 rings (SSSR count). The number of hydrogen-bond donors (Lipinski definition) is 2. The molecule has 216 valence electrons. The Morgan fingerprint density at radius 3 is 2.29 bits per heavy atom. The van der Waals surface area contributed by atoms with Gasteiger partial charge >= 0.3 is 12.4 Å². The minimum atomic E-state index is -4.60. The van der Waals surface area contributed by atoms with Crippen molar-refractivity contribution in [2.24, 2.45) is 5.92 Å². The molecule has 0 amide bonds. The fourth-order valence-corrected chi connectivity index (χ4v) is 5.05. The second kappa shape index (κ2) is 11.6. The highest BCUT2D eigenvalue weighted by atomic mass is 19.4. The lowest BCUT2D eigenvalue weighted by Crippen LogP contribution is -2.34. The second-order valence-corrected chi connectivity index (χ2v) is 10.0. The molecular formula is C29H27F6N5O. The highest BCUT2D eigenvalue weighted by Gasteiger charge is 2.34. The molecule has 0 bridgehead atoms. The van der Waals surface area contributed by atoms with Gasteiger partial charge in [0.05, 0.1) is 28.9 Å². The Balaban J connectivity index is 1.52. The third kappa shape index (κ3) is 6.76. The van der Waals surface area contributed by atoms with Crippen LogP contribution in [-0.2, 0) is 18.9 Å². The van der Waals surface area contributed by atoms with Crippen LogP contribution in [0.5, 0.6) is 0 Å². The summed E-state index contributed by atoms with van der Waals surface area (Å²) in [6.45, 7) is 2.07. The van der Waals surface area contributed by atoms with Gasteiger partial charge in [0.2, 0.25) is 0 Å². The van der Waals surface area contributed by atoms with Crippen molar-refractivity contribution in [3.63, 3.8) is 0 Å². The van der Waals surface area contributed by atoms with E-state index in [9.17, 15) is 31.4 Å². The van der Waals surface area contributed by atoms with E-state index in [2.05, 4.69) is 25.2 Å². The van der Waals surface area contributed by atoms with Gasteiger partial charge in [-0.2, -0.15) is 26.3 Å². The lowest BCUT2D eigenvalue weighted by molar-refractivity contribution is -0.138. The summed E-state index contributed by atoms with van der Waals surface area (Å²) in [5.41, 5.74) is -0.938. The highest BCUT2D eigenvalue weighted by molar-refractivity contribution is 5.93. The van der Waals surface area contributed by atoms with Gasteiger partial charge in [-0.3, -0.25) is 9.88 Å². The number of aliphatic hydroxyl groups is 1. The summed E-state index contributed by atoms with van der Waals surface area (Å²) in [5, 5.41) is 12.8. The first-order valence-corrected chi connectivity index (χ1v) is 13.1. The number of halogens is 6. The van der Waals surface area contributed by atoms with Crippen molar-refractivity contribution in [3.8, 4) is 11.3 Å². The average Bonchev–Trinajstić information content (AvgIpc) is 2.93. The molecule has 4 aromatic rings.